The van der Waals surface area contributed by atoms with Crippen molar-refractivity contribution in [1.29, 1.82) is 0 Å². The molecule has 0 saturated carbocycles. The normalized spacial score (nSPS) is 12.4. The van der Waals surface area contributed by atoms with Crippen LogP contribution in [0.25, 0.3) is 11.0 Å². The van der Waals surface area contributed by atoms with E-state index in [0.29, 0.717) is 17.1 Å². The molecule has 19 heavy (non-hydrogen) atoms. The topological polar surface area (TPSA) is 35.0 Å². The van der Waals surface area contributed by atoms with Crippen molar-refractivity contribution in [2.75, 3.05) is 6.61 Å². The van der Waals surface area contributed by atoms with Crippen LogP contribution in [0.1, 0.15) is 5.69 Å². The van der Waals surface area contributed by atoms with Crippen LogP contribution in [0, 0.1) is 0 Å². The smallest absolute Gasteiger partial charge is 0.311 e. The first-order chi connectivity index (χ1) is 9.04. The standard InChI is InChI=1S/C12H8BClF2N2O/c13-19-7-3-6-12(15,16)10-11(14)18-9-5-2-1-4-8(9)17-10/h1-6H,7H2/b6-3+. The molecule has 7 heteroatoms. The van der Waals surface area contributed by atoms with Crippen LogP contribution in [0.2, 0.25) is 5.15 Å². The number of benzene rings is 1. The fourth-order valence-corrected chi connectivity index (χ4v) is 1.78. The molecule has 96 valence electrons. The molecule has 0 fully saturated rings. The third-order valence-corrected chi connectivity index (χ3v) is 2.63. The summed E-state index contributed by atoms with van der Waals surface area (Å²) in [5, 5.41) is -0.331. The van der Waals surface area contributed by atoms with Gasteiger partial charge in [0, 0.05) is 6.61 Å². The summed E-state index contributed by atoms with van der Waals surface area (Å²) < 4.78 is 32.0. The number of nitrogens with zero attached hydrogens (tertiary/aromatic N) is 2. The third-order valence-electron chi connectivity index (χ3n) is 2.36. The Morgan fingerprint density at radius 3 is 2.53 bits per heavy atom. The molecule has 0 aliphatic carbocycles. The monoisotopic (exact) mass is 280 g/mol. The van der Waals surface area contributed by atoms with Crippen LogP contribution in [0.5, 0.6) is 0 Å². The number of hydrogen-bond acceptors (Lipinski definition) is 3. The summed E-state index contributed by atoms with van der Waals surface area (Å²) in [7, 11) is 4.75. The highest BCUT2D eigenvalue weighted by Crippen LogP contribution is 2.33. The molecule has 2 rings (SSSR count). The lowest BCUT2D eigenvalue weighted by molar-refractivity contribution is 0.0467. The summed E-state index contributed by atoms with van der Waals surface area (Å²) in [5.74, 6) is -3.34. The van der Waals surface area contributed by atoms with Gasteiger partial charge >= 0.3 is 5.92 Å². The maximum atomic E-state index is 13.9. The Hall–Kier alpha value is -1.53. The van der Waals surface area contributed by atoms with E-state index in [2.05, 4.69) is 14.6 Å². The number of fused-ring (bicyclic) bond motifs is 1. The van der Waals surface area contributed by atoms with Crippen molar-refractivity contribution in [1.82, 2.24) is 9.97 Å². The Morgan fingerprint density at radius 1 is 1.26 bits per heavy atom. The van der Waals surface area contributed by atoms with E-state index >= 15 is 0 Å². The molecule has 2 radical (unpaired) electrons. The van der Waals surface area contributed by atoms with Crippen molar-refractivity contribution >= 4 is 30.7 Å². The van der Waals surface area contributed by atoms with Gasteiger partial charge in [0.15, 0.2) is 10.8 Å². The molecular weight excluding hydrogens is 272 g/mol. The van der Waals surface area contributed by atoms with Gasteiger partial charge in [-0.2, -0.15) is 8.78 Å². The predicted octanol–water partition coefficient (Wildman–Crippen LogP) is 3.03. The largest absolute Gasteiger partial charge is 0.444 e. The predicted molar refractivity (Wildman–Crippen MR) is 69.3 cm³/mol. The highest BCUT2D eigenvalue weighted by molar-refractivity contribution is 6.30. The quantitative estimate of drug-likeness (QED) is 0.638. The first kappa shape index (κ1) is 13.9. The van der Waals surface area contributed by atoms with Crippen molar-refractivity contribution in [2.45, 2.75) is 5.92 Å². The highest BCUT2D eigenvalue weighted by atomic mass is 35.5. The number of alkyl halides is 2. The summed E-state index contributed by atoms with van der Waals surface area (Å²) in [4.78, 5) is 7.76. The summed E-state index contributed by atoms with van der Waals surface area (Å²) in [6.45, 7) is -0.131. The van der Waals surface area contributed by atoms with Crippen molar-refractivity contribution in [3.05, 3.63) is 47.3 Å². The molecule has 0 atom stereocenters. The average Bonchev–Trinajstić information content (AvgIpc) is 2.38. The number of aromatic nitrogens is 2. The molecule has 0 unspecified atom stereocenters. The van der Waals surface area contributed by atoms with E-state index < -0.39 is 11.6 Å². The Bertz CT molecular complexity index is 622. The van der Waals surface area contributed by atoms with Gasteiger partial charge in [0.05, 0.1) is 11.0 Å². The van der Waals surface area contributed by atoms with Gasteiger partial charge in [0.2, 0.25) is 0 Å². The maximum Gasteiger partial charge on any atom is 0.311 e. The number of hydrogen-bond donors (Lipinski definition) is 0. The fourth-order valence-electron chi connectivity index (χ4n) is 1.52. The minimum atomic E-state index is -3.34. The van der Waals surface area contributed by atoms with Gasteiger partial charge in [0.25, 0.3) is 8.05 Å². The van der Waals surface area contributed by atoms with Gasteiger partial charge in [0.1, 0.15) is 0 Å². The molecule has 0 spiro atoms. The zero-order valence-corrected chi connectivity index (χ0v) is 10.4. The molecule has 3 nitrogen and oxygen atoms in total. The van der Waals surface area contributed by atoms with Crippen LogP contribution in [0.15, 0.2) is 36.4 Å². The summed E-state index contributed by atoms with van der Waals surface area (Å²) in [6, 6.07) is 6.65. The van der Waals surface area contributed by atoms with E-state index in [1.165, 1.54) is 0 Å². The van der Waals surface area contributed by atoms with E-state index in [1.54, 1.807) is 24.3 Å². The lowest BCUT2D eigenvalue weighted by atomic mass is 10.2. The van der Waals surface area contributed by atoms with Gasteiger partial charge in [-0.15, -0.1) is 0 Å². The molecule has 0 N–H and O–H groups in total. The van der Waals surface area contributed by atoms with Crippen molar-refractivity contribution in [3.8, 4) is 0 Å². The highest BCUT2D eigenvalue weighted by Gasteiger charge is 2.33. The van der Waals surface area contributed by atoms with Crippen LogP contribution in [-0.2, 0) is 10.6 Å². The van der Waals surface area contributed by atoms with E-state index in [4.69, 9.17) is 19.7 Å². The van der Waals surface area contributed by atoms with Crippen molar-refractivity contribution in [3.63, 3.8) is 0 Å². The van der Waals surface area contributed by atoms with E-state index in [-0.39, 0.29) is 11.8 Å². The second kappa shape index (κ2) is 5.63. The molecule has 0 aliphatic heterocycles. The summed E-state index contributed by atoms with van der Waals surface area (Å²) in [6.07, 6.45) is 1.72. The van der Waals surface area contributed by atoms with Crippen LogP contribution in [0.3, 0.4) is 0 Å². The molecule has 0 amide bonds. The van der Waals surface area contributed by atoms with Gasteiger partial charge in [-0.05, 0) is 18.2 Å². The Kier molecular flexibility index (Phi) is 4.12. The zero-order valence-electron chi connectivity index (χ0n) is 9.69. The molecule has 1 aromatic heterocycles. The first-order valence-electron chi connectivity index (χ1n) is 5.34. The minimum absolute atomic E-state index is 0.131. The van der Waals surface area contributed by atoms with E-state index in [1.807, 2.05) is 0 Å². The maximum absolute atomic E-state index is 13.9. The lowest BCUT2D eigenvalue weighted by Crippen LogP contribution is -2.14. The van der Waals surface area contributed by atoms with Gasteiger partial charge in [-0.25, -0.2) is 9.97 Å². The lowest BCUT2D eigenvalue weighted by Gasteiger charge is -2.13. The van der Waals surface area contributed by atoms with Gasteiger partial charge in [-0.1, -0.05) is 29.8 Å². The minimum Gasteiger partial charge on any atom is -0.444 e. The van der Waals surface area contributed by atoms with Gasteiger partial charge < -0.3 is 4.65 Å². The van der Waals surface area contributed by atoms with Crippen molar-refractivity contribution < 1.29 is 13.4 Å². The number of halogens is 3. The van der Waals surface area contributed by atoms with Crippen molar-refractivity contribution in [2.24, 2.45) is 0 Å². The summed E-state index contributed by atoms with van der Waals surface area (Å²) in [5.41, 5.74) is 0.215. The van der Waals surface area contributed by atoms with Crippen LogP contribution >= 0.6 is 11.6 Å². The molecule has 2 aromatic rings. The number of para-hydroxylation sites is 2. The molecule has 0 saturated heterocycles. The molecule has 0 bridgehead atoms. The third kappa shape index (κ3) is 3.08. The van der Waals surface area contributed by atoms with E-state index in [9.17, 15) is 8.78 Å². The van der Waals surface area contributed by atoms with Crippen LogP contribution in [0.4, 0.5) is 8.78 Å². The average molecular weight is 280 g/mol. The molecule has 0 aliphatic rings. The molecule has 1 heterocycles. The molecular formula is C12H8BClF2N2O. The van der Waals surface area contributed by atoms with Gasteiger partial charge in [-0.3, -0.25) is 0 Å². The van der Waals surface area contributed by atoms with Crippen LogP contribution < -0.4 is 0 Å². The Morgan fingerprint density at radius 2 is 1.89 bits per heavy atom. The fraction of sp³-hybridized carbons (Fsp3) is 0.167. The second-order valence-electron chi connectivity index (χ2n) is 3.71. The number of allylic oxidation sites excluding steroid dienone is 1. The Labute approximate surface area is 114 Å². The summed E-state index contributed by atoms with van der Waals surface area (Å²) >= 11 is 5.76. The number of rotatable bonds is 4. The SMILES string of the molecule is [B]OC/C=C/C(F)(F)c1nc2ccccc2nc1Cl. The Balaban J connectivity index is 2.46. The van der Waals surface area contributed by atoms with Crippen LogP contribution in [-0.4, -0.2) is 24.6 Å². The zero-order chi connectivity index (χ0) is 13.9. The molecule has 1 aromatic carbocycles. The second-order valence-corrected chi connectivity index (χ2v) is 4.07. The first-order valence-corrected chi connectivity index (χ1v) is 5.72. The van der Waals surface area contributed by atoms with E-state index in [0.717, 1.165) is 6.08 Å².